The van der Waals surface area contributed by atoms with E-state index < -0.39 is 59.0 Å². The summed E-state index contributed by atoms with van der Waals surface area (Å²) in [7, 11) is 0. The average molecular weight is 727 g/mol. The topological polar surface area (TPSA) is 77.5 Å². The highest BCUT2D eigenvalue weighted by Gasteiger charge is 2.28. The molecule has 2 atom stereocenters. The molecule has 0 N–H and O–H groups in total. The number of rotatable bonds is 12. The van der Waals surface area contributed by atoms with Crippen LogP contribution >= 0.6 is 0 Å². The lowest BCUT2D eigenvalue weighted by Gasteiger charge is -2.17. The second-order valence-electron chi connectivity index (χ2n) is 12.2. The van der Waals surface area contributed by atoms with E-state index in [4.69, 9.17) is 19.1 Å². The summed E-state index contributed by atoms with van der Waals surface area (Å²) in [6.07, 6.45) is 1.96. The van der Waals surface area contributed by atoms with E-state index in [1.807, 2.05) is 0 Å². The van der Waals surface area contributed by atoms with Crippen LogP contribution < -0.4 is 0 Å². The summed E-state index contributed by atoms with van der Waals surface area (Å²) in [5, 5.41) is 2.71. The molecular formula is C38H32F6N2O6. The third kappa shape index (κ3) is 9.44. The minimum Gasteiger partial charge on any atom is -0.372 e. The molecule has 2 aliphatic heterocycles. The summed E-state index contributed by atoms with van der Waals surface area (Å²) in [4.78, 5) is 35.3. The largest absolute Gasteiger partial charge is 0.372 e. The van der Waals surface area contributed by atoms with Crippen molar-refractivity contribution in [2.45, 2.75) is 38.3 Å². The quantitative estimate of drug-likeness (QED) is 0.112. The third-order valence-electron chi connectivity index (χ3n) is 8.54. The third-order valence-corrected chi connectivity index (χ3v) is 8.54. The molecular weight excluding hydrogens is 694 g/mol. The van der Waals surface area contributed by atoms with Gasteiger partial charge in [0.15, 0.2) is 0 Å². The molecule has 0 saturated carbocycles. The summed E-state index contributed by atoms with van der Waals surface area (Å²) < 4.78 is 95.5. The summed E-state index contributed by atoms with van der Waals surface area (Å²) in [6.45, 7) is 0.860. The zero-order chi connectivity index (χ0) is 36.8. The van der Waals surface area contributed by atoms with E-state index in [2.05, 4.69) is 0 Å². The van der Waals surface area contributed by atoms with Gasteiger partial charge >= 0.3 is 11.9 Å². The molecule has 6 rings (SSSR count). The fourth-order valence-corrected chi connectivity index (χ4v) is 6.00. The Labute approximate surface area is 294 Å². The van der Waals surface area contributed by atoms with E-state index in [0.717, 1.165) is 36.4 Å². The van der Waals surface area contributed by atoms with E-state index in [1.54, 1.807) is 0 Å². The van der Waals surface area contributed by atoms with Crippen molar-refractivity contribution in [1.29, 1.82) is 0 Å². The smallest absolute Gasteiger partial charge is 0.349 e. The van der Waals surface area contributed by atoms with Crippen LogP contribution in [0.2, 0.25) is 0 Å². The molecule has 2 aliphatic rings. The molecule has 52 heavy (non-hydrogen) atoms. The van der Waals surface area contributed by atoms with Crippen LogP contribution in [0.1, 0.15) is 24.0 Å². The van der Waals surface area contributed by atoms with Gasteiger partial charge in [-0.3, -0.25) is 0 Å². The Morgan fingerprint density at radius 1 is 0.558 bits per heavy atom. The molecule has 0 radical (unpaired) electrons. The van der Waals surface area contributed by atoms with Crippen molar-refractivity contribution < 1.29 is 55.1 Å². The van der Waals surface area contributed by atoms with E-state index in [9.17, 15) is 35.9 Å². The Morgan fingerprint density at radius 2 is 0.923 bits per heavy atom. The Hall–Kier alpha value is -5.02. The van der Waals surface area contributed by atoms with Gasteiger partial charge < -0.3 is 19.1 Å². The molecule has 8 nitrogen and oxygen atoms in total. The molecule has 272 valence electrons. The zero-order valence-electron chi connectivity index (χ0n) is 27.5. The maximum absolute atomic E-state index is 14.4. The summed E-state index contributed by atoms with van der Waals surface area (Å²) in [5.74, 6) is -5.81. The molecule has 0 unspecified atom stereocenters. The highest BCUT2D eigenvalue weighted by molar-refractivity contribution is 5.91. The number of carbonyl (C=O) groups is 2. The molecule has 0 bridgehead atoms. The van der Waals surface area contributed by atoms with Crippen molar-refractivity contribution in [3.63, 3.8) is 0 Å². The van der Waals surface area contributed by atoms with Gasteiger partial charge in [-0.25, -0.2) is 35.9 Å². The normalized spacial score (nSPS) is 18.0. The van der Waals surface area contributed by atoms with Crippen LogP contribution in [0.15, 0.2) is 84.9 Å². The van der Waals surface area contributed by atoms with E-state index >= 15 is 0 Å². The van der Waals surface area contributed by atoms with Gasteiger partial charge in [-0.1, -0.05) is 12.1 Å². The van der Waals surface area contributed by atoms with Gasteiger partial charge in [-0.15, -0.1) is 10.1 Å². The molecule has 2 heterocycles. The molecule has 0 spiro atoms. The SMILES string of the molecule is O=C(/C=C/C(=O)ON1CC[C@H](OCc2cc(F)ccc2-c2ccc(F)cc2F)C1)ON1CC[C@H](OCc2cc(F)ccc2-c2ccc(F)cc2F)C1. The maximum atomic E-state index is 14.4. The average Bonchev–Trinajstić information content (AvgIpc) is 3.75. The summed E-state index contributed by atoms with van der Waals surface area (Å²) in [6, 6.07) is 13.8. The highest BCUT2D eigenvalue weighted by atomic mass is 19.2. The van der Waals surface area contributed by atoms with E-state index in [0.29, 0.717) is 48.2 Å². The summed E-state index contributed by atoms with van der Waals surface area (Å²) in [5.41, 5.74) is 1.63. The van der Waals surface area contributed by atoms with Crippen LogP contribution in [0, 0.1) is 34.9 Å². The van der Waals surface area contributed by atoms with Crippen molar-refractivity contribution in [3.05, 3.63) is 131 Å². The van der Waals surface area contributed by atoms with Crippen molar-refractivity contribution in [2.75, 3.05) is 26.2 Å². The fraction of sp³-hybridized carbons (Fsp3) is 0.263. The Bertz CT molecular complexity index is 1840. The van der Waals surface area contributed by atoms with Crippen molar-refractivity contribution in [2.24, 2.45) is 0 Å². The van der Waals surface area contributed by atoms with Crippen LogP contribution in [0.25, 0.3) is 22.3 Å². The van der Waals surface area contributed by atoms with Gasteiger partial charge in [0.05, 0.1) is 38.5 Å². The number of benzene rings is 4. The monoisotopic (exact) mass is 726 g/mol. The van der Waals surface area contributed by atoms with Gasteiger partial charge in [-0.05, 0) is 83.6 Å². The second kappa shape index (κ2) is 16.5. The number of ether oxygens (including phenoxy) is 2. The first kappa shape index (κ1) is 36.8. The number of hydroxylamine groups is 4. The molecule has 2 fully saturated rings. The van der Waals surface area contributed by atoms with E-state index in [1.165, 1.54) is 58.7 Å². The number of nitrogens with zero attached hydrogens (tertiary/aromatic N) is 2. The Balaban J connectivity index is 0.933. The van der Waals surface area contributed by atoms with Crippen LogP contribution in [0.3, 0.4) is 0 Å². The standard InChI is InChI=1S/C38H32F6N2O6/c39-25-1-5-31(33-7-3-27(41)17-35(33)43)23(15-25)21-49-29-11-13-45(19-29)51-37(47)9-10-38(48)52-46-14-12-30(20-46)50-22-24-16-26(40)2-6-32(24)34-8-4-28(42)18-36(34)44/h1-10,15-18,29-30H,11-14,19-22H2/b10-9+/t29-,30-/m0/s1. The molecule has 0 aromatic heterocycles. The zero-order valence-corrected chi connectivity index (χ0v) is 27.5. The van der Waals surface area contributed by atoms with Gasteiger partial charge in [0.1, 0.15) is 34.9 Å². The second-order valence-corrected chi connectivity index (χ2v) is 12.2. The first-order valence-corrected chi connectivity index (χ1v) is 16.3. The van der Waals surface area contributed by atoms with Crippen molar-refractivity contribution >= 4 is 11.9 Å². The lowest BCUT2D eigenvalue weighted by molar-refractivity contribution is -0.183. The Kier molecular flexibility index (Phi) is 11.7. The van der Waals surface area contributed by atoms with Crippen LogP contribution in [0.5, 0.6) is 0 Å². The number of hydrogen-bond donors (Lipinski definition) is 0. The van der Waals surface area contributed by atoms with Crippen molar-refractivity contribution in [3.8, 4) is 22.3 Å². The van der Waals surface area contributed by atoms with Gasteiger partial charge in [-0.2, -0.15) is 0 Å². The van der Waals surface area contributed by atoms with Crippen LogP contribution in [0.4, 0.5) is 26.3 Å². The number of hydrogen-bond acceptors (Lipinski definition) is 8. The molecule has 0 aliphatic carbocycles. The first-order valence-electron chi connectivity index (χ1n) is 16.3. The van der Waals surface area contributed by atoms with Gasteiger partial charge in [0, 0.05) is 48.5 Å². The highest BCUT2D eigenvalue weighted by Crippen LogP contribution is 2.31. The summed E-state index contributed by atoms with van der Waals surface area (Å²) >= 11 is 0. The van der Waals surface area contributed by atoms with Gasteiger partial charge in [0.2, 0.25) is 0 Å². The molecule has 0 amide bonds. The fourth-order valence-electron chi connectivity index (χ4n) is 6.00. The van der Waals surface area contributed by atoms with E-state index in [-0.39, 0.29) is 37.4 Å². The lowest BCUT2D eigenvalue weighted by atomic mass is 9.99. The van der Waals surface area contributed by atoms with Gasteiger partial charge in [0.25, 0.3) is 0 Å². The Morgan fingerprint density at radius 3 is 1.31 bits per heavy atom. The number of halogens is 6. The first-order chi connectivity index (χ1) is 25.0. The maximum Gasteiger partial charge on any atom is 0.349 e. The van der Waals surface area contributed by atoms with Crippen LogP contribution in [-0.4, -0.2) is 60.5 Å². The molecule has 4 aromatic carbocycles. The van der Waals surface area contributed by atoms with Crippen LogP contribution in [-0.2, 0) is 42.0 Å². The molecule has 14 heteroatoms. The number of carbonyl (C=O) groups excluding carboxylic acids is 2. The lowest BCUT2D eigenvalue weighted by Crippen LogP contribution is -2.27. The predicted molar refractivity (Wildman–Crippen MR) is 174 cm³/mol. The minimum absolute atomic E-state index is 0.0771. The minimum atomic E-state index is -0.831. The van der Waals surface area contributed by atoms with Crippen molar-refractivity contribution in [1.82, 2.24) is 10.1 Å². The molecule has 4 aromatic rings. The molecule has 2 saturated heterocycles. The predicted octanol–water partition coefficient (Wildman–Crippen LogP) is 7.21.